The summed E-state index contributed by atoms with van der Waals surface area (Å²) in [5, 5.41) is 0. The van der Waals surface area contributed by atoms with Crippen molar-refractivity contribution in [3.63, 3.8) is 0 Å². The van der Waals surface area contributed by atoms with Crippen molar-refractivity contribution in [3.8, 4) is 5.75 Å². The number of nitrogens with zero attached hydrogens (tertiary/aromatic N) is 1. The molecule has 0 radical (unpaired) electrons. The summed E-state index contributed by atoms with van der Waals surface area (Å²) in [6.07, 6.45) is 0.908. The SMILES string of the molecule is CC(C)c1ccc(OCC(=O)N2c3ccccc3CC2C)cc1. The Kier molecular flexibility index (Phi) is 4.37. The predicted molar refractivity (Wildman–Crippen MR) is 93.1 cm³/mol. The van der Waals surface area contributed by atoms with Crippen LogP contribution in [0.25, 0.3) is 0 Å². The fourth-order valence-electron chi connectivity index (χ4n) is 3.11. The zero-order chi connectivity index (χ0) is 16.4. The number of benzene rings is 2. The molecule has 0 bridgehead atoms. The van der Waals surface area contributed by atoms with E-state index >= 15 is 0 Å². The van der Waals surface area contributed by atoms with Crippen molar-refractivity contribution in [1.82, 2.24) is 0 Å². The highest BCUT2D eigenvalue weighted by Gasteiger charge is 2.30. The molecule has 1 heterocycles. The van der Waals surface area contributed by atoms with Crippen molar-refractivity contribution < 1.29 is 9.53 Å². The van der Waals surface area contributed by atoms with Crippen molar-refractivity contribution in [2.24, 2.45) is 0 Å². The Balaban J connectivity index is 1.66. The summed E-state index contributed by atoms with van der Waals surface area (Å²) < 4.78 is 5.69. The third kappa shape index (κ3) is 3.24. The van der Waals surface area contributed by atoms with Gasteiger partial charge in [-0.2, -0.15) is 0 Å². The van der Waals surface area contributed by atoms with E-state index in [4.69, 9.17) is 4.74 Å². The first-order chi connectivity index (χ1) is 11.1. The molecule has 2 aromatic rings. The summed E-state index contributed by atoms with van der Waals surface area (Å²) in [5.41, 5.74) is 3.52. The van der Waals surface area contributed by atoms with E-state index in [-0.39, 0.29) is 18.6 Å². The zero-order valence-electron chi connectivity index (χ0n) is 14.0. The Bertz CT molecular complexity index is 691. The monoisotopic (exact) mass is 309 g/mol. The van der Waals surface area contributed by atoms with Crippen LogP contribution in [0.5, 0.6) is 5.75 Å². The molecule has 23 heavy (non-hydrogen) atoms. The number of anilines is 1. The molecule has 0 saturated carbocycles. The van der Waals surface area contributed by atoms with E-state index in [1.807, 2.05) is 35.2 Å². The third-order valence-corrected chi connectivity index (χ3v) is 4.39. The van der Waals surface area contributed by atoms with Crippen LogP contribution in [-0.4, -0.2) is 18.6 Å². The molecule has 3 nitrogen and oxygen atoms in total. The van der Waals surface area contributed by atoms with E-state index in [9.17, 15) is 4.79 Å². The Morgan fingerprint density at radius 1 is 1.17 bits per heavy atom. The number of fused-ring (bicyclic) bond motifs is 1. The summed E-state index contributed by atoms with van der Waals surface area (Å²) in [7, 11) is 0. The van der Waals surface area contributed by atoms with E-state index < -0.39 is 0 Å². The molecular formula is C20H23NO2. The van der Waals surface area contributed by atoms with Gasteiger partial charge < -0.3 is 9.64 Å². The lowest BCUT2D eigenvalue weighted by atomic mass is 10.0. The van der Waals surface area contributed by atoms with Gasteiger partial charge in [-0.05, 0) is 48.6 Å². The lowest BCUT2D eigenvalue weighted by Crippen LogP contribution is -2.39. The molecule has 0 aliphatic carbocycles. The number of hydrogen-bond donors (Lipinski definition) is 0. The van der Waals surface area contributed by atoms with Gasteiger partial charge in [-0.25, -0.2) is 0 Å². The lowest BCUT2D eigenvalue weighted by Gasteiger charge is -2.22. The van der Waals surface area contributed by atoms with Crippen molar-refractivity contribution in [2.75, 3.05) is 11.5 Å². The standard InChI is InChI=1S/C20H23NO2/c1-14(2)16-8-10-18(11-9-16)23-13-20(22)21-15(3)12-17-6-4-5-7-19(17)21/h4-11,14-15H,12-13H2,1-3H3. The molecule has 0 N–H and O–H groups in total. The molecule has 1 unspecified atom stereocenters. The lowest BCUT2D eigenvalue weighted by molar-refractivity contribution is -0.120. The minimum absolute atomic E-state index is 0.00962. The molecule has 3 heteroatoms. The molecule has 0 spiro atoms. The molecule has 1 aliphatic heterocycles. The van der Waals surface area contributed by atoms with Gasteiger partial charge in [0.15, 0.2) is 6.61 Å². The fraction of sp³-hybridized carbons (Fsp3) is 0.350. The van der Waals surface area contributed by atoms with Gasteiger partial charge >= 0.3 is 0 Å². The minimum Gasteiger partial charge on any atom is -0.484 e. The van der Waals surface area contributed by atoms with Gasteiger partial charge in [0.2, 0.25) is 0 Å². The number of carbonyl (C=O) groups is 1. The average molecular weight is 309 g/mol. The topological polar surface area (TPSA) is 29.5 Å². The Hall–Kier alpha value is -2.29. The maximum absolute atomic E-state index is 12.6. The maximum atomic E-state index is 12.6. The molecule has 3 rings (SSSR count). The van der Waals surface area contributed by atoms with Crippen LogP contribution in [-0.2, 0) is 11.2 Å². The van der Waals surface area contributed by atoms with E-state index in [1.165, 1.54) is 11.1 Å². The highest BCUT2D eigenvalue weighted by atomic mass is 16.5. The highest BCUT2D eigenvalue weighted by Crippen LogP contribution is 2.31. The smallest absolute Gasteiger partial charge is 0.265 e. The maximum Gasteiger partial charge on any atom is 0.265 e. The number of amides is 1. The number of carbonyl (C=O) groups excluding carboxylic acids is 1. The normalized spacial score (nSPS) is 16.5. The van der Waals surface area contributed by atoms with Crippen molar-refractivity contribution in [1.29, 1.82) is 0 Å². The zero-order valence-corrected chi connectivity index (χ0v) is 14.0. The molecule has 1 amide bonds. The first-order valence-electron chi connectivity index (χ1n) is 8.19. The van der Waals surface area contributed by atoms with E-state index in [0.29, 0.717) is 5.92 Å². The molecular weight excluding hydrogens is 286 g/mol. The first kappa shape index (κ1) is 15.6. The van der Waals surface area contributed by atoms with Gasteiger partial charge in [-0.15, -0.1) is 0 Å². The minimum atomic E-state index is 0.00962. The van der Waals surface area contributed by atoms with Crippen LogP contribution in [0.2, 0.25) is 0 Å². The molecule has 2 aromatic carbocycles. The van der Waals surface area contributed by atoms with E-state index in [2.05, 4.69) is 39.0 Å². The molecule has 120 valence electrons. The number of rotatable bonds is 4. The average Bonchev–Trinajstić information content (AvgIpc) is 2.88. The summed E-state index contributed by atoms with van der Waals surface area (Å²) in [4.78, 5) is 14.4. The summed E-state index contributed by atoms with van der Waals surface area (Å²) >= 11 is 0. The highest BCUT2D eigenvalue weighted by molar-refractivity contribution is 5.97. The van der Waals surface area contributed by atoms with Crippen LogP contribution in [0, 0.1) is 0 Å². The molecule has 0 fully saturated rings. The largest absolute Gasteiger partial charge is 0.484 e. The predicted octanol–water partition coefficient (Wildman–Crippen LogP) is 4.17. The summed E-state index contributed by atoms with van der Waals surface area (Å²) in [6, 6.07) is 16.3. The van der Waals surface area contributed by atoms with Crippen LogP contribution in [0.1, 0.15) is 37.8 Å². The molecule has 0 aromatic heterocycles. The Labute approximate surface area is 137 Å². The fourth-order valence-corrected chi connectivity index (χ4v) is 3.11. The van der Waals surface area contributed by atoms with Gasteiger partial charge in [-0.3, -0.25) is 4.79 Å². The van der Waals surface area contributed by atoms with Gasteiger partial charge in [0.1, 0.15) is 5.75 Å². The van der Waals surface area contributed by atoms with Gasteiger partial charge in [0, 0.05) is 11.7 Å². The van der Waals surface area contributed by atoms with Gasteiger partial charge in [0.05, 0.1) is 0 Å². The second-order valence-corrected chi connectivity index (χ2v) is 6.46. The summed E-state index contributed by atoms with van der Waals surface area (Å²) in [5.74, 6) is 1.24. The van der Waals surface area contributed by atoms with Crippen LogP contribution in [0.3, 0.4) is 0 Å². The van der Waals surface area contributed by atoms with Crippen LogP contribution in [0.15, 0.2) is 48.5 Å². The molecule has 1 aliphatic rings. The second-order valence-electron chi connectivity index (χ2n) is 6.46. The molecule has 1 atom stereocenters. The number of ether oxygens (including phenoxy) is 1. The van der Waals surface area contributed by atoms with E-state index in [0.717, 1.165) is 17.9 Å². The Morgan fingerprint density at radius 2 is 1.87 bits per heavy atom. The van der Waals surface area contributed by atoms with Crippen molar-refractivity contribution in [2.45, 2.75) is 39.2 Å². The third-order valence-electron chi connectivity index (χ3n) is 4.39. The van der Waals surface area contributed by atoms with Crippen LogP contribution >= 0.6 is 0 Å². The van der Waals surface area contributed by atoms with E-state index in [1.54, 1.807) is 0 Å². The second kappa shape index (κ2) is 6.45. The number of para-hydroxylation sites is 1. The first-order valence-corrected chi connectivity index (χ1v) is 8.19. The van der Waals surface area contributed by atoms with Gasteiger partial charge in [0.25, 0.3) is 5.91 Å². The Morgan fingerprint density at radius 3 is 2.57 bits per heavy atom. The number of hydrogen-bond acceptors (Lipinski definition) is 2. The van der Waals surface area contributed by atoms with Crippen LogP contribution in [0.4, 0.5) is 5.69 Å². The van der Waals surface area contributed by atoms with Crippen molar-refractivity contribution >= 4 is 11.6 Å². The van der Waals surface area contributed by atoms with Crippen LogP contribution < -0.4 is 9.64 Å². The van der Waals surface area contributed by atoms with Gasteiger partial charge in [-0.1, -0.05) is 44.2 Å². The summed E-state index contributed by atoms with van der Waals surface area (Å²) in [6.45, 7) is 6.46. The molecule has 0 saturated heterocycles. The van der Waals surface area contributed by atoms with Crippen molar-refractivity contribution in [3.05, 3.63) is 59.7 Å². The quantitative estimate of drug-likeness (QED) is 0.848.